The number of hydrogen-bond acceptors (Lipinski definition) is 4. The highest BCUT2D eigenvalue weighted by Gasteiger charge is 2.26. The molecule has 0 unspecified atom stereocenters. The second kappa shape index (κ2) is 9.31. The summed E-state index contributed by atoms with van der Waals surface area (Å²) >= 11 is 0. The Labute approximate surface area is 195 Å². The molecule has 0 radical (unpaired) electrons. The van der Waals surface area contributed by atoms with Crippen molar-refractivity contribution in [2.75, 3.05) is 19.8 Å². The van der Waals surface area contributed by atoms with Crippen molar-refractivity contribution in [3.05, 3.63) is 65.9 Å². The Morgan fingerprint density at radius 1 is 0.970 bits per heavy atom. The van der Waals surface area contributed by atoms with Crippen LogP contribution in [0.5, 0.6) is 0 Å². The third-order valence-corrected chi connectivity index (χ3v) is 8.76. The molecule has 1 saturated carbocycles. The first-order valence-corrected chi connectivity index (χ1v) is 13.3. The summed E-state index contributed by atoms with van der Waals surface area (Å²) in [6.45, 7) is 2.09. The van der Waals surface area contributed by atoms with E-state index in [0.717, 1.165) is 49.8 Å². The molecule has 0 atom stereocenters. The molecule has 1 saturated heterocycles. The predicted octanol–water partition coefficient (Wildman–Crippen LogP) is 4.69. The van der Waals surface area contributed by atoms with Gasteiger partial charge in [-0.15, -0.1) is 0 Å². The van der Waals surface area contributed by atoms with Gasteiger partial charge in [-0.1, -0.05) is 31.0 Å². The molecule has 1 aliphatic carbocycles. The van der Waals surface area contributed by atoms with E-state index < -0.39 is 10.0 Å². The van der Waals surface area contributed by atoms with Crippen molar-refractivity contribution in [2.45, 2.75) is 49.3 Å². The Morgan fingerprint density at radius 3 is 2.39 bits per heavy atom. The van der Waals surface area contributed by atoms with Crippen LogP contribution in [-0.4, -0.2) is 38.1 Å². The second-order valence-corrected chi connectivity index (χ2v) is 11.0. The van der Waals surface area contributed by atoms with E-state index in [4.69, 9.17) is 4.74 Å². The Kier molecular flexibility index (Phi) is 6.25. The number of benzene rings is 2. The van der Waals surface area contributed by atoms with Crippen LogP contribution in [0.2, 0.25) is 0 Å². The molecule has 1 aromatic heterocycles. The minimum Gasteiger partial charge on any atom is -0.381 e. The van der Waals surface area contributed by atoms with Crippen LogP contribution in [-0.2, 0) is 14.8 Å². The Morgan fingerprint density at radius 2 is 1.67 bits per heavy atom. The fraction of sp³-hybridized carbons (Fsp3) is 0.423. The lowest BCUT2D eigenvalue weighted by atomic mass is 9.97. The summed E-state index contributed by atoms with van der Waals surface area (Å²) in [4.78, 5) is 12.7. The van der Waals surface area contributed by atoms with Crippen molar-refractivity contribution in [2.24, 2.45) is 5.92 Å². The number of fused-ring (bicyclic) bond motifs is 1. The third kappa shape index (κ3) is 4.44. The first-order chi connectivity index (χ1) is 16.0. The third-order valence-electron chi connectivity index (χ3n) is 7.07. The lowest BCUT2D eigenvalue weighted by Crippen LogP contribution is -2.32. The monoisotopic (exact) mass is 466 g/mol. The topological polar surface area (TPSA) is 77.4 Å². The van der Waals surface area contributed by atoms with Gasteiger partial charge in [0, 0.05) is 36.9 Å². The minimum absolute atomic E-state index is 0.180. The maximum Gasteiger partial charge on any atom is 0.268 e. The van der Waals surface area contributed by atoms with Crippen LogP contribution < -0.4 is 5.32 Å². The lowest BCUT2D eigenvalue weighted by Gasteiger charge is -2.22. The predicted molar refractivity (Wildman–Crippen MR) is 128 cm³/mol. The van der Waals surface area contributed by atoms with Crippen LogP contribution in [0.3, 0.4) is 0 Å². The maximum absolute atomic E-state index is 13.5. The molecule has 33 heavy (non-hydrogen) atoms. The second-order valence-electron chi connectivity index (χ2n) is 9.17. The van der Waals surface area contributed by atoms with Crippen LogP contribution in [0.15, 0.2) is 59.6 Å². The van der Waals surface area contributed by atoms with Crippen LogP contribution >= 0.6 is 0 Å². The molecule has 2 heterocycles. The molecule has 5 rings (SSSR count). The molecule has 2 aromatic carbocycles. The fourth-order valence-corrected chi connectivity index (χ4v) is 6.50. The first kappa shape index (κ1) is 22.2. The van der Waals surface area contributed by atoms with E-state index in [0.29, 0.717) is 29.5 Å². The van der Waals surface area contributed by atoms with Crippen LogP contribution in [0.25, 0.3) is 10.9 Å². The van der Waals surface area contributed by atoms with E-state index in [1.807, 2.05) is 30.5 Å². The molecule has 0 spiro atoms. The lowest BCUT2D eigenvalue weighted by molar-refractivity contribution is 0.0642. The molecule has 3 aromatic rings. The summed E-state index contributed by atoms with van der Waals surface area (Å²) in [6.07, 6.45) is 8.29. The highest BCUT2D eigenvalue weighted by Crippen LogP contribution is 2.39. The van der Waals surface area contributed by atoms with Crippen molar-refractivity contribution in [1.29, 1.82) is 0 Å². The van der Waals surface area contributed by atoms with Crippen molar-refractivity contribution in [3.8, 4) is 0 Å². The van der Waals surface area contributed by atoms with Crippen molar-refractivity contribution >= 4 is 26.8 Å². The zero-order chi connectivity index (χ0) is 22.8. The average Bonchev–Trinajstić information content (AvgIpc) is 3.51. The SMILES string of the molecule is O=C(NCC1CCOCC1)c1ccc(S(=O)(=O)n2cc(C3CCCC3)c3ccccc32)cc1. The molecule has 7 heteroatoms. The first-order valence-electron chi connectivity index (χ1n) is 11.9. The summed E-state index contributed by atoms with van der Waals surface area (Å²) in [5, 5.41) is 3.98. The van der Waals surface area contributed by atoms with E-state index in [2.05, 4.69) is 5.32 Å². The molecule has 174 valence electrons. The summed E-state index contributed by atoms with van der Waals surface area (Å²) in [7, 11) is -3.78. The number of aromatic nitrogens is 1. The van der Waals surface area contributed by atoms with Crippen LogP contribution in [0.1, 0.15) is 60.4 Å². The Bertz CT molecular complexity index is 1240. The van der Waals surface area contributed by atoms with Crippen molar-refractivity contribution in [3.63, 3.8) is 0 Å². The molecular weight excluding hydrogens is 436 g/mol. The van der Waals surface area contributed by atoms with Gasteiger partial charge in [0.05, 0.1) is 10.4 Å². The number of ether oxygens (including phenoxy) is 1. The number of hydrogen-bond donors (Lipinski definition) is 1. The van der Waals surface area contributed by atoms with Gasteiger partial charge in [-0.25, -0.2) is 12.4 Å². The van der Waals surface area contributed by atoms with Gasteiger partial charge >= 0.3 is 0 Å². The number of nitrogens with zero attached hydrogens (tertiary/aromatic N) is 1. The van der Waals surface area contributed by atoms with Gasteiger partial charge in [-0.3, -0.25) is 4.79 Å². The molecular formula is C26H30N2O4S. The van der Waals surface area contributed by atoms with E-state index in [1.54, 1.807) is 12.1 Å². The average molecular weight is 467 g/mol. The van der Waals surface area contributed by atoms with Gasteiger partial charge in [-0.2, -0.15) is 0 Å². The molecule has 1 amide bonds. The summed E-state index contributed by atoms with van der Waals surface area (Å²) in [5.74, 6) is 0.659. The van der Waals surface area contributed by atoms with Gasteiger partial charge in [0.2, 0.25) is 0 Å². The maximum atomic E-state index is 13.5. The summed E-state index contributed by atoms with van der Waals surface area (Å²) in [6, 6.07) is 14.0. The molecule has 2 fully saturated rings. The quantitative estimate of drug-likeness (QED) is 0.572. The largest absolute Gasteiger partial charge is 0.381 e. The zero-order valence-electron chi connectivity index (χ0n) is 18.7. The summed E-state index contributed by atoms with van der Waals surface area (Å²) < 4.78 is 33.9. The van der Waals surface area contributed by atoms with E-state index >= 15 is 0 Å². The van der Waals surface area contributed by atoms with Crippen LogP contribution in [0.4, 0.5) is 0 Å². The van der Waals surface area contributed by atoms with Gasteiger partial charge in [-0.05, 0) is 73.4 Å². The number of amides is 1. The summed E-state index contributed by atoms with van der Waals surface area (Å²) in [5.41, 5.74) is 2.29. The molecule has 1 N–H and O–H groups in total. The molecule has 0 bridgehead atoms. The van der Waals surface area contributed by atoms with Crippen molar-refractivity contribution < 1.29 is 17.9 Å². The molecule has 1 aliphatic heterocycles. The normalized spacial score (nSPS) is 18.1. The van der Waals surface area contributed by atoms with E-state index in [-0.39, 0.29) is 10.8 Å². The number of rotatable bonds is 6. The zero-order valence-corrected chi connectivity index (χ0v) is 19.5. The minimum atomic E-state index is -3.78. The van der Waals surface area contributed by atoms with Gasteiger partial charge in [0.25, 0.3) is 15.9 Å². The smallest absolute Gasteiger partial charge is 0.268 e. The Hall–Kier alpha value is -2.64. The van der Waals surface area contributed by atoms with E-state index in [1.165, 1.54) is 28.9 Å². The van der Waals surface area contributed by atoms with E-state index in [9.17, 15) is 13.2 Å². The number of carbonyl (C=O) groups excluding carboxylic acids is 1. The highest BCUT2D eigenvalue weighted by molar-refractivity contribution is 7.90. The van der Waals surface area contributed by atoms with Gasteiger partial charge in [0.1, 0.15) is 0 Å². The highest BCUT2D eigenvalue weighted by atomic mass is 32.2. The Balaban J connectivity index is 1.38. The van der Waals surface area contributed by atoms with Gasteiger partial charge < -0.3 is 10.1 Å². The number of nitrogens with one attached hydrogen (secondary N) is 1. The van der Waals surface area contributed by atoms with Crippen LogP contribution in [0, 0.1) is 5.92 Å². The standard InChI is InChI=1S/C26H30N2O4S/c29-26(27-17-19-13-15-32-16-14-19)21-9-11-22(12-10-21)33(30,31)28-18-24(20-5-1-2-6-20)23-7-3-4-8-25(23)28/h3-4,7-12,18-20H,1-2,5-6,13-17H2,(H,27,29). The molecule has 2 aliphatic rings. The van der Waals surface area contributed by atoms with Crippen molar-refractivity contribution in [1.82, 2.24) is 9.29 Å². The fourth-order valence-electron chi connectivity index (χ4n) is 5.12. The number of carbonyl (C=O) groups is 1. The van der Waals surface area contributed by atoms with Gasteiger partial charge in [0.15, 0.2) is 0 Å². The number of para-hydroxylation sites is 1. The molecule has 6 nitrogen and oxygen atoms in total.